The van der Waals surface area contributed by atoms with Gasteiger partial charge in [0.2, 0.25) is 0 Å². The van der Waals surface area contributed by atoms with E-state index in [1.165, 1.54) is 0 Å². The van der Waals surface area contributed by atoms with Crippen LogP contribution in [0, 0.1) is 0 Å². The lowest BCUT2D eigenvalue weighted by molar-refractivity contribution is 0.393. The van der Waals surface area contributed by atoms with Gasteiger partial charge in [-0.3, -0.25) is 0 Å². The van der Waals surface area contributed by atoms with Gasteiger partial charge in [-0.25, -0.2) is 0 Å². The first-order valence-corrected chi connectivity index (χ1v) is 2.65. The molecule has 3 nitrogen and oxygen atoms in total. The molecule has 3 heteroatoms. The third-order valence-corrected chi connectivity index (χ3v) is 0.923. The largest absolute Gasteiger partial charge is 0.381 e. The van der Waals surface area contributed by atoms with Crippen molar-refractivity contribution in [2.24, 2.45) is 0 Å². The molecular formula is C6H8N2O. The molecule has 1 heterocycles. The summed E-state index contributed by atoms with van der Waals surface area (Å²) in [7, 11) is 0. The highest BCUT2D eigenvalue weighted by Crippen LogP contribution is 2.04. The van der Waals surface area contributed by atoms with Crippen LogP contribution in [-0.4, -0.2) is 5.16 Å². The number of nitrogens with zero attached hydrogens (tertiary/aromatic N) is 1. The number of hydrogen-bond donors (Lipinski definition) is 1. The minimum atomic E-state index is 0.423. The molecule has 0 unspecified atom stereocenters. The van der Waals surface area contributed by atoms with Crippen molar-refractivity contribution in [3.8, 4) is 0 Å². The zero-order valence-corrected chi connectivity index (χ0v) is 5.00. The number of aromatic nitrogens is 1. The third-order valence-electron chi connectivity index (χ3n) is 0.923. The zero-order valence-electron chi connectivity index (χ0n) is 5.00. The highest BCUT2D eigenvalue weighted by molar-refractivity contribution is 5.26. The first-order valence-electron chi connectivity index (χ1n) is 2.65. The minimum absolute atomic E-state index is 0.423. The normalized spacial score (nSPS) is 9.33. The molecule has 48 valence electrons. The monoisotopic (exact) mass is 124 g/mol. The summed E-state index contributed by atoms with van der Waals surface area (Å²) in [5.41, 5.74) is 5.27. The highest BCUT2D eigenvalue weighted by Gasteiger charge is 1.95. The lowest BCUT2D eigenvalue weighted by atomic mass is 10.3. The lowest BCUT2D eigenvalue weighted by Crippen LogP contribution is -1.80. The van der Waals surface area contributed by atoms with E-state index in [4.69, 9.17) is 10.3 Å². The molecule has 0 atom stereocenters. The van der Waals surface area contributed by atoms with Gasteiger partial charge in [0.1, 0.15) is 5.76 Å². The first kappa shape index (κ1) is 5.88. The smallest absolute Gasteiger partial charge is 0.167 e. The molecule has 0 saturated heterocycles. The average molecular weight is 124 g/mol. The van der Waals surface area contributed by atoms with Crippen molar-refractivity contribution in [3.63, 3.8) is 0 Å². The maximum absolute atomic E-state index is 5.27. The maximum Gasteiger partial charge on any atom is 0.167 e. The number of anilines is 1. The molecule has 0 spiro atoms. The third kappa shape index (κ3) is 1.32. The fourth-order valence-electron chi connectivity index (χ4n) is 0.567. The molecule has 0 aliphatic carbocycles. The van der Waals surface area contributed by atoms with Crippen LogP contribution in [0.25, 0.3) is 0 Å². The van der Waals surface area contributed by atoms with E-state index in [2.05, 4.69) is 11.7 Å². The van der Waals surface area contributed by atoms with E-state index < -0.39 is 0 Å². The van der Waals surface area contributed by atoms with E-state index in [1.54, 1.807) is 12.1 Å². The fraction of sp³-hybridized carbons (Fsp3) is 0.167. The molecule has 0 fully saturated rings. The van der Waals surface area contributed by atoms with E-state index in [9.17, 15) is 0 Å². The van der Waals surface area contributed by atoms with E-state index in [0.717, 1.165) is 5.76 Å². The Bertz CT molecular complexity index is 205. The Kier molecular flexibility index (Phi) is 1.53. The van der Waals surface area contributed by atoms with Gasteiger partial charge in [-0.1, -0.05) is 11.2 Å². The van der Waals surface area contributed by atoms with Gasteiger partial charge < -0.3 is 10.3 Å². The zero-order chi connectivity index (χ0) is 6.69. The van der Waals surface area contributed by atoms with Gasteiger partial charge in [0.25, 0.3) is 0 Å². The number of nitrogens with two attached hydrogens (primary N) is 1. The van der Waals surface area contributed by atoms with Crippen molar-refractivity contribution >= 4 is 5.82 Å². The summed E-state index contributed by atoms with van der Waals surface area (Å²) >= 11 is 0. The van der Waals surface area contributed by atoms with E-state index in [0.29, 0.717) is 12.2 Å². The van der Waals surface area contributed by atoms with Crippen molar-refractivity contribution in [1.82, 2.24) is 5.16 Å². The molecule has 0 aliphatic heterocycles. The number of hydrogen-bond acceptors (Lipinski definition) is 3. The highest BCUT2D eigenvalue weighted by atomic mass is 16.5. The summed E-state index contributed by atoms with van der Waals surface area (Å²) in [5, 5.41) is 3.49. The Morgan fingerprint density at radius 3 is 3.11 bits per heavy atom. The van der Waals surface area contributed by atoms with Crippen molar-refractivity contribution < 1.29 is 4.52 Å². The van der Waals surface area contributed by atoms with Crippen molar-refractivity contribution in [1.29, 1.82) is 0 Å². The summed E-state index contributed by atoms with van der Waals surface area (Å²) < 4.78 is 4.76. The van der Waals surface area contributed by atoms with E-state index in [1.807, 2.05) is 0 Å². The predicted octanol–water partition coefficient (Wildman–Crippen LogP) is 0.985. The van der Waals surface area contributed by atoms with Crippen LogP contribution in [-0.2, 0) is 6.42 Å². The Morgan fingerprint density at radius 1 is 1.89 bits per heavy atom. The molecular weight excluding hydrogens is 116 g/mol. The second-order valence-electron chi connectivity index (χ2n) is 1.71. The van der Waals surface area contributed by atoms with Gasteiger partial charge in [-0.05, 0) is 0 Å². The molecule has 1 aromatic rings. The van der Waals surface area contributed by atoms with Crippen LogP contribution in [0.3, 0.4) is 0 Å². The van der Waals surface area contributed by atoms with Crippen molar-refractivity contribution in [3.05, 3.63) is 24.5 Å². The number of nitrogen functional groups attached to an aromatic ring is 1. The van der Waals surface area contributed by atoms with Crippen LogP contribution in [0.4, 0.5) is 5.82 Å². The van der Waals surface area contributed by atoms with Gasteiger partial charge in [0.15, 0.2) is 5.82 Å². The standard InChI is InChI=1S/C6H8N2O/c1-2-3-5-4-6(7)8-9-5/h2,4H,1,3H2,(H2,7,8). The molecule has 1 aromatic heterocycles. The average Bonchev–Trinajstić information content (AvgIpc) is 2.17. The van der Waals surface area contributed by atoms with Crippen LogP contribution in [0.1, 0.15) is 5.76 Å². The van der Waals surface area contributed by atoms with E-state index >= 15 is 0 Å². The van der Waals surface area contributed by atoms with Crippen LogP contribution in [0.5, 0.6) is 0 Å². The molecule has 0 saturated carbocycles. The van der Waals surface area contributed by atoms with Gasteiger partial charge in [0.05, 0.1) is 0 Å². The molecule has 0 amide bonds. The summed E-state index contributed by atoms with van der Waals surface area (Å²) in [6.45, 7) is 3.54. The first-order chi connectivity index (χ1) is 4.33. The minimum Gasteiger partial charge on any atom is -0.381 e. The predicted molar refractivity (Wildman–Crippen MR) is 34.8 cm³/mol. The summed E-state index contributed by atoms with van der Waals surface area (Å²) in [6, 6.07) is 1.68. The molecule has 0 aromatic carbocycles. The lowest BCUT2D eigenvalue weighted by Gasteiger charge is -1.79. The molecule has 0 radical (unpaired) electrons. The second kappa shape index (κ2) is 2.35. The maximum atomic E-state index is 5.27. The van der Waals surface area contributed by atoms with Gasteiger partial charge in [0, 0.05) is 12.5 Å². The topological polar surface area (TPSA) is 52.0 Å². The van der Waals surface area contributed by atoms with Crippen LogP contribution in [0.2, 0.25) is 0 Å². The quantitative estimate of drug-likeness (QED) is 0.598. The molecule has 0 aliphatic rings. The van der Waals surface area contributed by atoms with Crippen LogP contribution in [0.15, 0.2) is 23.2 Å². The molecule has 1 rings (SSSR count). The summed E-state index contributed by atoms with van der Waals surface area (Å²) in [4.78, 5) is 0. The van der Waals surface area contributed by atoms with Gasteiger partial charge in [-0.2, -0.15) is 0 Å². The Balaban J connectivity index is 2.72. The summed E-state index contributed by atoms with van der Waals surface area (Å²) in [6.07, 6.45) is 2.42. The van der Waals surface area contributed by atoms with Gasteiger partial charge in [-0.15, -0.1) is 6.58 Å². The fourth-order valence-corrected chi connectivity index (χ4v) is 0.567. The van der Waals surface area contributed by atoms with Gasteiger partial charge >= 0.3 is 0 Å². The summed E-state index contributed by atoms with van der Waals surface area (Å²) in [5.74, 6) is 1.18. The number of rotatable bonds is 2. The van der Waals surface area contributed by atoms with Crippen molar-refractivity contribution in [2.75, 3.05) is 5.73 Å². The van der Waals surface area contributed by atoms with Crippen LogP contribution < -0.4 is 5.73 Å². The molecule has 0 bridgehead atoms. The van der Waals surface area contributed by atoms with Crippen molar-refractivity contribution in [2.45, 2.75) is 6.42 Å². The molecule has 9 heavy (non-hydrogen) atoms. The van der Waals surface area contributed by atoms with Crippen LogP contribution >= 0.6 is 0 Å². The SMILES string of the molecule is C=CCc1cc(N)no1. The Hall–Kier alpha value is -1.25. The molecule has 2 N–H and O–H groups in total. The Labute approximate surface area is 53.1 Å². The Morgan fingerprint density at radius 2 is 2.67 bits per heavy atom. The van der Waals surface area contributed by atoms with E-state index in [-0.39, 0.29) is 0 Å². The second-order valence-corrected chi connectivity index (χ2v) is 1.71. The number of allylic oxidation sites excluding steroid dienone is 1.